The summed E-state index contributed by atoms with van der Waals surface area (Å²) in [4.78, 5) is 33.2. The van der Waals surface area contributed by atoms with E-state index in [2.05, 4.69) is 51.7 Å². The molecule has 1 atom stereocenters. The highest BCUT2D eigenvalue weighted by Crippen LogP contribution is 2.37. The molecule has 6 rings (SSSR count). The van der Waals surface area contributed by atoms with Gasteiger partial charge in [0, 0.05) is 38.7 Å². The molecule has 224 valence electrons. The minimum atomic E-state index is -0.785. The zero-order valence-electron chi connectivity index (χ0n) is 25.1. The van der Waals surface area contributed by atoms with Crippen LogP contribution in [0.1, 0.15) is 49.2 Å². The van der Waals surface area contributed by atoms with Crippen molar-refractivity contribution in [2.24, 2.45) is 4.99 Å². The quantitative estimate of drug-likeness (QED) is 0.192. The van der Waals surface area contributed by atoms with Crippen LogP contribution in [-0.2, 0) is 16.1 Å². The van der Waals surface area contributed by atoms with E-state index in [-0.39, 0.29) is 11.7 Å². The molecule has 3 heterocycles. The Kier molecular flexibility index (Phi) is 8.18. The molecular weight excluding hydrogens is 638 g/mol. The number of hydrogen-bond donors (Lipinski definition) is 0. The SMILES string of the molecule is COc1ccc(Br)cc1[C@H]1C(C(=O)OC(C)C)=C(C)N=c2s/c(=C\c3c(C)n(Cc4ccccc4)c4ccccc34)c(=O)n21. The molecule has 1 aliphatic rings. The molecule has 0 radical (unpaired) electrons. The summed E-state index contributed by atoms with van der Waals surface area (Å²) in [6, 6.07) is 23.4. The summed E-state index contributed by atoms with van der Waals surface area (Å²) in [5, 5.41) is 1.06. The Morgan fingerprint density at radius 1 is 1.07 bits per heavy atom. The smallest absolute Gasteiger partial charge is 0.338 e. The van der Waals surface area contributed by atoms with E-state index in [4.69, 9.17) is 14.5 Å². The number of thiazole rings is 1. The van der Waals surface area contributed by atoms with Crippen LogP contribution in [0.2, 0.25) is 0 Å². The van der Waals surface area contributed by atoms with Crippen LogP contribution in [0.15, 0.2) is 98.3 Å². The summed E-state index contributed by atoms with van der Waals surface area (Å²) in [6.07, 6.45) is 1.62. The molecule has 0 bridgehead atoms. The maximum Gasteiger partial charge on any atom is 0.338 e. The van der Waals surface area contributed by atoms with Crippen molar-refractivity contribution in [1.82, 2.24) is 9.13 Å². The van der Waals surface area contributed by atoms with E-state index in [0.717, 1.165) is 26.6 Å². The van der Waals surface area contributed by atoms with Crippen LogP contribution in [0.4, 0.5) is 0 Å². The average molecular weight is 671 g/mol. The number of ether oxygens (including phenoxy) is 2. The second kappa shape index (κ2) is 12.1. The number of methoxy groups -OCH3 is 1. The molecule has 0 N–H and O–H groups in total. The van der Waals surface area contributed by atoms with Gasteiger partial charge >= 0.3 is 5.97 Å². The van der Waals surface area contributed by atoms with Crippen LogP contribution in [0.3, 0.4) is 0 Å². The number of nitrogens with zero attached hydrogens (tertiary/aromatic N) is 3. The van der Waals surface area contributed by atoms with Gasteiger partial charge in [0.15, 0.2) is 4.80 Å². The van der Waals surface area contributed by atoms with Crippen molar-refractivity contribution in [3.8, 4) is 5.75 Å². The monoisotopic (exact) mass is 669 g/mol. The topological polar surface area (TPSA) is 74.8 Å². The largest absolute Gasteiger partial charge is 0.496 e. The average Bonchev–Trinajstić information content (AvgIpc) is 3.45. The first kappa shape index (κ1) is 29.8. The lowest BCUT2D eigenvalue weighted by Gasteiger charge is -2.26. The van der Waals surface area contributed by atoms with E-state index in [1.54, 1.807) is 32.4 Å². The Hall–Kier alpha value is -4.21. The van der Waals surface area contributed by atoms with Crippen LogP contribution in [0.25, 0.3) is 17.0 Å². The van der Waals surface area contributed by atoms with Gasteiger partial charge in [-0.05, 0) is 63.6 Å². The summed E-state index contributed by atoms with van der Waals surface area (Å²) in [5.74, 6) is 0.0412. The Morgan fingerprint density at radius 3 is 2.52 bits per heavy atom. The highest BCUT2D eigenvalue weighted by atomic mass is 79.9. The predicted octanol–water partition coefficient (Wildman–Crippen LogP) is 6.27. The van der Waals surface area contributed by atoms with Gasteiger partial charge in [0.05, 0.1) is 29.0 Å². The summed E-state index contributed by atoms with van der Waals surface area (Å²) >= 11 is 4.88. The number of esters is 1. The van der Waals surface area contributed by atoms with E-state index in [1.807, 2.05) is 54.6 Å². The highest BCUT2D eigenvalue weighted by molar-refractivity contribution is 9.10. The Morgan fingerprint density at radius 2 is 1.80 bits per heavy atom. The molecule has 0 saturated carbocycles. The fourth-order valence-corrected chi connectivity index (χ4v) is 7.22. The van der Waals surface area contributed by atoms with Gasteiger partial charge in [-0.15, -0.1) is 0 Å². The summed E-state index contributed by atoms with van der Waals surface area (Å²) < 4.78 is 16.6. The number of hydrogen-bond acceptors (Lipinski definition) is 6. The Balaban J connectivity index is 1.58. The van der Waals surface area contributed by atoms with Gasteiger partial charge in [0.1, 0.15) is 11.8 Å². The number of benzene rings is 3. The maximum absolute atomic E-state index is 14.4. The van der Waals surface area contributed by atoms with Crippen LogP contribution < -0.4 is 19.6 Å². The van der Waals surface area contributed by atoms with Crippen molar-refractivity contribution in [2.75, 3.05) is 7.11 Å². The van der Waals surface area contributed by atoms with Gasteiger partial charge in [-0.1, -0.05) is 75.8 Å². The lowest BCUT2D eigenvalue weighted by atomic mass is 9.95. The fourth-order valence-electron chi connectivity index (χ4n) is 5.81. The van der Waals surface area contributed by atoms with E-state index in [0.29, 0.717) is 38.5 Å². The van der Waals surface area contributed by atoms with Crippen molar-refractivity contribution in [1.29, 1.82) is 0 Å². The number of rotatable bonds is 7. The van der Waals surface area contributed by atoms with Crippen LogP contribution in [0, 0.1) is 6.92 Å². The fraction of sp³-hybridized carbons (Fsp3) is 0.229. The van der Waals surface area contributed by atoms with E-state index in [9.17, 15) is 9.59 Å². The first-order chi connectivity index (χ1) is 21.2. The third kappa shape index (κ3) is 5.35. The van der Waals surface area contributed by atoms with Crippen molar-refractivity contribution in [3.05, 3.63) is 131 Å². The van der Waals surface area contributed by atoms with Crippen LogP contribution >= 0.6 is 27.3 Å². The normalized spacial score (nSPS) is 15.1. The van der Waals surface area contributed by atoms with Crippen molar-refractivity contribution < 1.29 is 14.3 Å². The lowest BCUT2D eigenvalue weighted by Crippen LogP contribution is -2.40. The van der Waals surface area contributed by atoms with Gasteiger partial charge in [-0.25, -0.2) is 9.79 Å². The predicted molar refractivity (Wildman–Crippen MR) is 178 cm³/mol. The summed E-state index contributed by atoms with van der Waals surface area (Å²) in [6.45, 7) is 8.19. The molecule has 2 aromatic heterocycles. The molecule has 0 fully saturated rings. The third-order valence-corrected chi connectivity index (χ3v) is 9.29. The van der Waals surface area contributed by atoms with Crippen molar-refractivity contribution >= 4 is 50.2 Å². The number of para-hydroxylation sites is 1. The van der Waals surface area contributed by atoms with E-state index >= 15 is 0 Å². The Labute approximate surface area is 267 Å². The number of carbonyl (C=O) groups excluding carboxylic acids is 1. The van der Waals surface area contributed by atoms with Gasteiger partial charge in [-0.3, -0.25) is 9.36 Å². The molecule has 44 heavy (non-hydrogen) atoms. The molecule has 1 aliphatic heterocycles. The molecular formula is C35H32BrN3O4S. The highest BCUT2D eigenvalue weighted by Gasteiger charge is 2.35. The first-order valence-electron chi connectivity index (χ1n) is 14.4. The molecule has 0 saturated heterocycles. The van der Waals surface area contributed by atoms with E-state index < -0.39 is 12.0 Å². The number of allylic oxidation sites excluding steroid dienone is 1. The minimum absolute atomic E-state index is 0.234. The van der Waals surface area contributed by atoms with Gasteiger partial charge < -0.3 is 14.0 Å². The zero-order chi connectivity index (χ0) is 31.1. The van der Waals surface area contributed by atoms with Crippen LogP contribution in [0.5, 0.6) is 5.75 Å². The van der Waals surface area contributed by atoms with Gasteiger partial charge in [-0.2, -0.15) is 0 Å². The molecule has 7 nitrogen and oxygen atoms in total. The number of halogens is 1. The molecule has 0 spiro atoms. The van der Waals surface area contributed by atoms with Crippen molar-refractivity contribution in [2.45, 2.75) is 46.4 Å². The summed E-state index contributed by atoms with van der Waals surface area (Å²) in [7, 11) is 1.58. The molecule has 0 unspecified atom stereocenters. The Bertz CT molecular complexity index is 2120. The number of aromatic nitrogens is 2. The standard InChI is InChI=1S/C35H32BrN3O4S/c1-20(2)43-34(41)31-21(3)37-35-39(32(31)27-17-24(36)15-16-29(27)42-5)33(40)30(44-35)18-26-22(4)38(19-23-11-7-6-8-12-23)28-14-10-9-13-25(26)28/h6-18,20,32H,19H2,1-5H3/b30-18-/t32-/m0/s1. The minimum Gasteiger partial charge on any atom is -0.496 e. The van der Waals surface area contributed by atoms with Gasteiger partial charge in [0.2, 0.25) is 0 Å². The molecule has 0 amide bonds. The van der Waals surface area contributed by atoms with E-state index in [1.165, 1.54) is 16.9 Å². The molecule has 9 heteroatoms. The second-order valence-electron chi connectivity index (χ2n) is 11.0. The number of fused-ring (bicyclic) bond motifs is 2. The second-order valence-corrected chi connectivity index (χ2v) is 12.9. The maximum atomic E-state index is 14.4. The number of carbonyl (C=O) groups is 1. The van der Waals surface area contributed by atoms with Crippen molar-refractivity contribution in [3.63, 3.8) is 0 Å². The summed E-state index contributed by atoms with van der Waals surface area (Å²) in [5.41, 5.74) is 5.58. The lowest BCUT2D eigenvalue weighted by molar-refractivity contribution is -0.143. The molecule has 0 aliphatic carbocycles. The van der Waals surface area contributed by atoms with Gasteiger partial charge in [0.25, 0.3) is 5.56 Å². The zero-order valence-corrected chi connectivity index (χ0v) is 27.5. The van der Waals surface area contributed by atoms with Crippen LogP contribution in [-0.4, -0.2) is 28.3 Å². The first-order valence-corrected chi connectivity index (χ1v) is 16.0. The third-order valence-electron chi connectivity index (χ3n) is 7.81. The molecule has 3 aromatic carbocycles. The molecule has 5 aromatic rings.